The fraction of sp³-hybridized carbons (Fsp3) is 0.714. The van der Waals surface area contributed by atoms with Crippen molar-refractivity contribution in [1.29, 1.82) is 0 Å². The Morgan fingerprint density at radius 1 is 1.13 bits per heavy atom. The Balaban J connectivity index is 1.83. The molecule has 3 heteroatoms. The van der Waals surface area contributed by atoms with Crippen LogP contribution < -0.4 is 0 Å². The quantitative estimate of drug-likeness (QED) is 0.480. The summed E-state index contributed by atoms with van der Waals surface area (Å²) in [5.74, 6) is 0.493. The molecule has 3 nitrogen and oxygen atoms in total. The van der Waals surface area contributed by atoms with E-state index in [1.807, 2.05) is 32.9 Å². The molecule has 1 unspecified atom stereocenters. The average molecular weight is 429 g/mol. The zero-order chi connectivity index (χ0) is 23.0. The second-order valence-electron chi connectivity index (χ2n) is 11.2. The molecule has 3 rings (SSSR count). The SMILES string of the molecule is C=C1CC[C@H](O)C/C1=C\C=C1/CCC[C@@]2(C)C1CC[C@]2(O)[C@H](C)/C=C/[C@@](C)(O)C(C)C. The van der Waals surface area contributed by atoms with E-state index in [-0.39, 0.29) is 23.4 Å². The third-order valence-electron chi connectivity index (χ3n) is 9.01. The molecular formula is C28H44O3. The van der Waals surface area contributed by atoms with Gasteiger partial charge in [-0.1, -0.05) is 69.7 Å². The van der Waals surface area contributed by atoms with Crippen LogP contribution in [0.25, 0.3) is 0 Å². The molecule has 6 atom stereocenters. The van der Waals surface area contributed by atoms with Crippen molar-refractivity contribution < 1.29 is 15.3 Å². The lowest BCUT2D eigenvalue weighted by molar-refractivity contribution is -0.100. The molecule has 0 spiro atoms. The highest BCUT2D eigenvalue weighted by Crippen LogP contribution is 2.61. The first-order chi connectivity index (χ1) is 14.4. The first-order valence-electron chi connectivity index (χ1n) is 12.3. The van der Waals surface area contributed by atoms with Gasteiger partial charge in [0, 0.05) is 11.3 Å². The maximum Gasteiger partial charge on any atom is 0.0822 e. The van der Waals surface area contributed by atoms with Crippen LogP contribution in [0.3, 0.4) is 0 Å². The fourth-order valence-electron chi connectivity index (χ4n) is 6.12. The molecule has 3 aliphatic carbocycles. The van der Waals surface area contributed by atoms with Gasteiger partial charge in [-0.3, -0.25) is 0 Å². The Bertz CT molecular complexity index is 771. The Morgan fingerprint density at radius 2 is 1.84 bits per heavy atom. The van der Waals surface area contributed by atoms with Gasteiger partial charge in [0.15, 0.2) is 0 Å². The molecule has 0 aromatic heterocycles. The van der Waals surface area contributed by atoms with Crippen molar-refractivity contribution in [1.82, 2.24) is 0 Å². The van der Waals surface area contributed by atoms with Crippen molar-refractivity contribution in [3.8, 4) is 0 Å². The first kappa shape index (κ1) is 24.5. The van der Waals surface area contributed by atoms with Gasteiger partial charge in [-0.25, -0.2) is 0 Å². The summed E-state index contributed by atoms with van der Waals surface area (Å²) in [4.78, 5) is 0. The molecule has 0 aromatic rings. The second-order valence-corrected chi connectivity index (χ2v) is 11.2. The summed E-state index contributed by atoms with van der Waals surface area (Å²) in [6, 6.07) is 0. The van der Waals surface area contributed by atoms with Crippen LogP contribution >= 0.6 is 0 Å². The number of fused-ring (bicyclic) bond motifs is 1. The van der Waals surface area contributed by atoms with Gasteiger partial charge < -0.3 is 15.3 Å². The van der Waals surface area contributed by atoms with Gasteiger partial charge in [0.25, 0.3) is 0 Å². The minimum atomic E-state index is -0.861. The Kier molecular flexibility index (Phi) is 7.11. The van der Waals surface area contributed by atoms with Gasteiger partial charge in [-0.05, 0) is 75.7 Å². The van der Waals surface area contributed by atoms with Crippen LogP contribution in [-0.4, -0.2) is 32.6 Å². The fourth-order valence-corrected chi connectivity index (χ4v) is 6.12. The third kappa shape index (κ3) is 4.65. The van der Waals surface area contributed by atoms with Crippen LogP contribution in [0.2, 0.25) is 0 Å². The number of aliphatic hydroxyl groups excluding tert-OH is 1. The van der Waals surface area contributed by atoms with Gasteiger partial charge in [-0.2, -0.15) is 0 Å². The zero-order valence-electron chi connectivity index (χ0n) is 20.3. The van der Waals surface area contributed by atoms with E-state index in [4.69, 9.17) is 0 Å². The normalized spacial score (nSPS) is 40.0. The van der Waals surface area contributed by atoms with E-state index in [1.54, 1.807) is 0 Å². The van der Waals surface area contributed by atoms with Gasteiger partial charge >= 0.3 is 0 Å². The average Bonchev–Trinajstić information content (AvgIpc) is 2.99. The zero-order valence-corrected chi connectivity index (χ0v) is 20.3. The molecule has 0 aromatic carbocycles. The summed E-state index contributed by atoms with van der Waals surface area (Å²) in [5.41, 5.74) is 1.99. The smallest absolute Gasteiger partial charge is 0.0822 e. The molecule has 3 aliphatic rings. The van der Waals surface area contributed by atoms with E-state index in [0.717, 1.165) is 50.5 Å². The van der Waals surface area contributed by atoms with Crippen molar-refractivity contribution in [2.24, 2.45) is 23.2 Å². The van der Waals surface area contributed by atoms with Crippen molar-refractivity contribution in [2.75, 3.05) is 0 Å². The van der Waals surface area contributed by atoms with Crippen LogP contribution in [0.1, 0.15) is 86.0 Å². The lowest BCUT2D eigenvalue weighted by Crippen LogP contribution is -2.50. The van der Waals surface area contributed by atoms with E-state index in [9.17, 15) is 15.3 Å². The van der Waals surface area contributed by atoms with Gasteiger partial charge in [0.2, 0.25) is 0 Å². The monoisotopic (exact) mass is 428 g/mol. The van der Waals surface area contributed by atoms with Crippen LogP contribution in [-0.2, 0) is 0 Å². The highest BCUT2D eigenvalue weighted by atomic mass is 16.3. The van der Waals surface area contributed by atoms with E-state index in [2.05, 4.69) is 32.6 Å². The van der Waals surface area contributed by atoms with Crippen molar-refractivity contribution >= 4 is 0 Å². The molecule has 0 bridgehead atoms. The molecule has 0 heterocycles. The Morgan fingerprint density at radius 3 is 2.52 bits per heavy atom. The molecule has 31 heavy (non-hydrogen) atoms. The minimum Gasteiger partial charge on any atom is -0.393 e. The number of allylic oxidation sites excluding steroid dienone is 4. The largest absolute Gasteiger partial charge is 0.393 e. The summed E-state index contributed by atoms with van der Waals surface area (Å²) >= 11 is 0. The molecule has 3 N–H and O–H groups in total. The lowest BCUT2D eigenvalue weighted by Gasteiger charge is -2.49. The van der Waals surface area contributed by atoms with E-state index in [1.165, 1.54) is 11.1 Å². The van der Waals surface area contributed by atoms with Crippen LogP contribution in [0.15, 0.2) is 47.6 Å². The highest BCUT2D eigenvalue weighted by Gasteiger charge is 2.59. The summed E-state index contributed by atoms with van der Waals surface area (Å²) in [6.07, 6.45) is 15.5. The maximum absolute atomic E-state index is 11.9. The van der Waals surface area contributed by atoms with Gasteiger partial charge in [-0.15, -0.1) is 0 Å². The molecule has 3 fully saturated rings. The third-order valence-corrected chi connectivity index (χ3v) is 9.01. The summed E-state index contributed by atoms with van der Waals surface area (Å²) < 4.78 is 0. The molecular weight excluding hydrogens is 384 g/mol. The van der Waals surface area contributed by atoms with E-state index in [0.29, 0.717) is 12.3 Å². The molecule has 0 aliphatic heterocycles. The molecule has 174 valence electrons. The minimum absolute atomic E-state index is 0.0151. The molecule has 0 radical (unpaired) electrons. The number of rotatable bonds is 5. The predicted octanol–water partition coefficient (Wildman–Crippen LogP) is 5.87. The first-order valence-corrected chi connectivity index (χ1v) is 12.3. The Hall–Kier alpha value is -1.16. The number of aliphatic hydroxyl groups is 3. The summed E-state index contributed by atoms with van der Waals surface area (Å²) in [7, 11) is 0. The van der Waals surface area contributed by atoms with E-state index >= 15 is 0 Å². The predicted molar refractivity (Wildman–Crippen MR) is 129 cm³/mol. The lowest BCUT2D eigenvalue weighted by atomic mass is 9.58. The maximum atomic E-state index is 11.9. The highest BCUT2D eigenvalue weighted by molar-refractivity contribution is 5.36. The molecule has 0 amide bonds. The number of hydrogen-bond donors (Lipinski definition) is 3. The van der Waals surface area contributed by atoms with Crippen LogP contribution in [0.4, 0.5) is 0 Å². The van der Waals surface area contributed by atoms with E-state index < -0.39 is 11.2 Å². The summed E-state index contributed by atoms with van der Waals surface area (Å²) in [6.45, 7) is 14.5. The topological polar surface area (TPSA) is 60.7 Å². The second kappa shape index (κ2) is 9.00. The number of hydrogen-bond acceptors (Lipinski definition) is 3. The standard InChI is InChI=1S/C28H44O3/c1-19(2)27(6,30)16-13-21(4)28(31)17-14-25-22(8-7-15-26(25,28)5)10-11-23-18-24(29)12-9-20(23)3/h10-11,13,16,19,21,24-25,29-31H,3,7-9,12,14-15,17-18H2,1-2,4-6H3/b16-13+,22-10+,23-11+/t21-,24+,25?,26+,27-,28+/m1/s1. The van der Waals surface area contributed by atoms with Crippen molar-refractivity contribution in [2.45, 2.75) is 103 Å². The Labute approximate surface area is 189 Å². The van der Waals surface area contributed by atoms with Gasteiger partial charge in [0.1, 0.15) is 0 Å². The van der Waals surface area contributed by atoms with Crippen LogP contribution in [0.5, 0.6) is 0 Å². The van der Waals surface area contributed by atoms with Gasteiger partial charge in [0.05, 0.1) is 17.3 Å². The van der Waals surface area contributed by atoms with Crippen molar-refractivity contribution in [3.63, 3.8) is 0 Å². The summed E-state index contributed by atoms with van der Waals surface area (Å²) in [5, 5.41) is 32.6. The molecule has 0 saturated heterocycles. The van der Waals surface area contributed by atoms with Crippen LogP contribution in [0, 0.1) is 23.2 Å². The molecule has 3 saturated carbocycles. The van der Waals surface area contributed by atoms with Crippen molar-refractivity contribution in [3.05, 3.63) is 47.6 Å².